The SMILES string of the molecule is Cc1cccc(/C=N/NS(=O)(=O)c2ccc(Cl)c(Cl)c2)c1. The first kappa shape index (κ1) is 15.8. The topological polar surface area (TPSA) is 58.5 Å². The standard InChI is InChI=1S/C14H12Cl2N2O2S/c1-10-3-2-4-11(7-10)9-17-18-21(19,20)12-5-6-13(15)14(16)8-12/h2-9,18H,1H3/b17-9+. The first-order chi connectivity index (χ1) is 9.88. The van der Waals surface area contributed by atoms with Crippen molar-refractivity contribution in [2.75, 3.05) is 0 Å². The van der Waals surface area contributed by atoms with Gasteiger partial charge in [-0.3, -0.25) is 0 Å². The molecule has 0 aliphatic heterocycles. The summed E-state index contributed by atoms with van der Waals surface area (Å²) in [5.41, 5.74) is 1.86. The van der Waals surface area contributed by atoms with Crippen molar-refractivity contribution in [1.82, 2.24) is 4.83 Å². The summed E-state index contributed by atoms with van der Waals surface area (Å²) >= 11 is 11.6. The number of halogens is 2. The molecule has 7 heteroatoms. The summed E-state index contributed by atoms with van der Waals surface area (Å²) in [5.74, 6) is 0. The smallest absolute Gasteiger partial charge is 0.200 e. The van der Waals surface area contributed by atoms with Crippen LogP contribution in [0.15, 0.2) is 52.5 Å². The number of benzene rings is 2. The molecule has 0 unspecified atom stereocenters. The van der Waals surface area contributed by atoms with Crippen LogP contribution in [-0.4, -0.2) is 14.6 Å². The van der Waals surface area contributed by atoms with Gasteiger partial charge >= 0.3 is 0 Å². The van der Waals surface area contributed by atoms with Crippen LogP contribution in [0.1, 0.15) is 11.1 Å². The summed E-state index contributed by atoms with van der Waals surface area (Å²) in [6.07, 6.45) is 1.43. The fourth-order valence-electron chi connectivity index (χ4n) is 1.62. The van der Waals surface area contributed by atoms with Gasteiger partial charge in [-0.25, -0.2) is 4.83 Å². The Balaban J connectivity index is 2.16. The van der Waals surface area contributed by atoms with Crippen LogP contribution < -0.4 is 4.83 Å². The Kier molecular flexibility index (Phi) is 4.88. The largest absolute Gasteiger partial charge is 0.276 e. The average molecular weight is 343 g/mol. The van der Waals surface area contributed by atoms with Gasteiger partial charge in [0.2, 0.25) is 0 Å². The summed E-state index contributed by atoms with van der Waals surface area (Å²) in [5, 5.41) is 4.20. The first-order valence-electron chi connectivity index (χ1n) is 5.95. The monoisotopic (exact) mass is 342 g/mol. The Bertz CT molecular complexity index is 789. The minimum absolute atomic E-state index is 0.00158. The average Bonchev–Trinajstić information content (AvgIpc) is 2.41. The second kappa shape index (κ2) is 6.47. The second-order valence-electron chi connectivity index (χ2n) is 4.34. The van der Waals surface area contributed by atoms with Gasteiger partial charge in [-0.15, -0.1) is 0 Å². The van der Waals surface area contributed by atoms with E-state index in [0.717, 1.165) is 11.1 Å². The van der Waals surface area contributed by atoms with Crippen LogP contribution in [0.4, 0.5) is 0 Å². The van der Waals surface area contributed by atoms with E-state index >= 15 is 0 Å². The second-order valence-corrected chi connectivity index (χ2v) is 6.82. The molecule has 0 spiro atoms. The van der Waals surface area contributed by atoms with Crippen molar-refractivity contribution in [3.63, 3.8) is 0 Å². The van der Waals surface area contributed by atoms with Gasteiger partial charge in [-0.05, 0) is 30.7 Å². The third-order valence-corrected chi connectivity index (χ3v) is 4.59. The summed E-state index contributed by atoms with van der Waals surface area (Å²) in [7, 11) is -3.77. The summed E-state index contributed by atoms with van der Waals surface area (Å²) in [6, 6.07) is 11.6. The normalized spacial score (nSPS) is 11.8. The van der Waals surface area contributed by atoms with E-state index in [4.69, 9.17) is 23.2 Å². The summed E-state index contributed by atoms with van der Waals surface area (Å²) < 4.78 is 24.1. The van der Waals surface area contributed by atoms with Crippen LogP contribution in [0.25, 0.3) is 0 Å². The minimum Gasteiger partial charge on any atom is -0.200 e. The molecule has 0 aromatic heterocycles. The third kappa shape index (κ3) is 4.20. The maximum absolute atomic E-state index is 12.0. The van der Waals surface area contributed by atoms with Crippen molar-refractivity contribution in [2.24, 2.45) is 5.10 Å². The Labute approximate surface area is 133 Å². The molecule has 0 amide bonds. The highest BCUT2D eigenvalue weighted by molar-refractivity contribution is 7.89. The number of hydrogen-bond donors (Lipinski definition) is 1. The molecule has 2 aromatic carbocycles. The van der Waals surface area contributed by atoms with Crippen LogP contribution in [0.3, 0.4) is 0 Å². The number of rotatable bonds is 4. The molecular formula is C14H12Cl2N2O2S. The van der Waals surface area contributed by atoms with Crippen molar-refractivity contribution in [1.29, 1.82) is 0 Å². The lowest BCUT2D eigenvalue weighted by molar-refractivity contribution is 0.584. The number of hydrazone groups is 1. The molecule has 0 saturated carbocycles. The fraction of sp³-hybridized carbons (Fsp3) is 0.0714. The molecule has 0 radical (unpaired) electrons. The van der Waals surface area contributed by atoms with Crippen LogP contribution >= 0.6 is 23.2 Å². The molecule has 21 heavy (non-hydrogen) atoms. The molecule has 0 bridgehead atoms. The zero-order valence-electron chi connectivity index (χ0n) is 11.0. The molecule has 1 N–H and O–H groups in total. The molecule has 0 aliphatic rings. The van der Waals surface area contributed by atoms with Crippen molar-refractivity contribution in [2.45, 2.75) is 11.8 Å². The van der Waals surface area contributed by atoms with Crippen molar-refractivity contribution in [3.05, 3.63) is 63.6 Å². The molecule has 0 saturated heterocycles. The van der Waals surface area contributed by atoms with E-state index in [1.54, 1.807) is 0 Å². The molecule has 0 atom stereocenters. The maximum atomic E-state index is 12.0. The van der Waals surface area contributed by atoms with E-state index in [2.05, 4.69) is 9.93 Å². The van der Waals surface area contributed by atoms with Gasteiger partial charge in [-0.2, -0.15) is 13.5 Å². The predicted molar refractivity (Wildman–Crippen MR) is 85.6 cm³/mol. The van der Waals surface area contributed by atoms with Gasteiger partial charge < -0.3 is 0 Å². The number of nitrogens with one attached hydrogen (secondary N) is 1. The first-order valence-corrected chi connectivity index (χ1v) is 8.19. The lowest BCUT2D eigenvalue weighted by Gasteiger charge is -2.04. The Hall–Kier alpha value is -1.56. The molecular weight excluding hydrogens is 331 g/mol. The zero-order chi connectivity index (χ0) is 15.5. The predicted octanol–water partition coefficient (Wildman–Crippen LogP) is 3.61. The van der Waals surface area contributed by atoms with E-state index in [-0.39, 0.29) is 9.92 Å². The minimum atomic E-state index is -3.77. The van der Waals surface area contributed by atoms with Gasteiger partial charge in [0.25, 0.3) is 10.0 Å². The molecule has 0 fully saturated rings. The molecule has 0 aliphatic carbocycles. The van der Waals surface area contributed by atoms with Gasteiger partial charge in [0.15, 0.2) is 0 Å². The van der Waals surface area contributed by atoms with Crippen LogP contribution in [-0.2, 0) is 10.0 Å². The molecule has 110 valence electrons. The van der Waals surface area contributed by atoms with Gasteiger partial charge in [0.05, 0.1) is 21.2 Å². The highest BCUT2D eigenvalue weighted by Gasteiger charge is 2.14. The fourth-order valence-corrected chi connectivity index (χ4v) is 2.80. The Morgan fingerprint density at radius 2 is 1.86 bits per heavy atom. The van der Waals surface area contributed by atoms with Crippen LogP contribution in [0.2, 0.25) is 10.0 Å². The molecule has 4 nitrogen and oxygen atoms in total. The van der Waals surface area contributed by atoms with Gasteiger partial charge in [0, 0.05) is 0 Å². The summed E-state index contributed by atoms with van der Waals surface area (Å²) in [4.78, 5) is 2.13. The van der Waals surface area contributed by atoms with E-state index < -0.39 is 10.0 Å². The third-order valence-electron chi connectivity index (χ3n) is 2.63. The van der Waals surface area contributed by atoms with E-state index in [9.17, 15) is 8.42 Å². The van der Waals surface area contributed by atoms with E-state index in [1.807, 2.05) is 31.2 Å². The highest BCUT2D eigenvalue weighted by Crippen LogP contribution is 2.24. The molecule has 2 rings (SSSR count). The quantitative estimate of drug-likeness (QED) is 0.681. The van der Waals surface area contributed by atoms with Crippen molar-refractivity contribution in [3.8, 4) is 0 Å². The zero-order valence-corrected chi connectivity index (χ0v) is 13.4. The number of hydrogen-bond acceptors (Lipinski definition) is 3. The molecule has 2 aromatic rings. The number of nitrogens with zero attached hydrogens (tertiary/aromatic N) is 1. The Morgan fingerprint density at radius 3 is 2.52 bits per heavy atom. The van der Waals surface area contributed by atoms with E-state index in [1.165, 1.54) is 24.4 Å². The maximum Gasteiger partial charge on any atom is 0.276 e. The van der Waals surface area contributed by atoms with Crippen molar-refractivity contribution < 1.29 is 8.42 Å². The number of aryl methyl sites for hydroxylation is 1. The van der Waals surface area contributed by atoms with Crippen LogP contribution in [0.5, 0.6) is 0 Å². The molecule has 0 heterocycles. The lowest BCUT2D eigenvalue weighted by atomic mass is 10.2. The Morgan fingerprint density at radius 1 is 1.10 bits per heavy atom. The van der Waals surface area contributed by atoms with Gasteiger partial charge in [0.1, 0.15) is 0 Å². The number of sulfonamides is 1. The lowest BCUT2D eigenvalue weighted by Crippen LogP contribution is -2.18. The van der Waals surface area contributed by atoms with Crippen molar-refractivity contribution >= 4 is 39.4 Å². The van der Waals surface area contributed by atoms with E-state index in [0.29, 0.717) is 5.02 Å². The highest BCUT2D eigenvalue weighted by atomic mass is 35.5. The summed E-state index contributed by atoms with van der Waals surface area (Å²) in [6.45, 7) is 1.94. The van der Waals surface area contributed by atoms with Crippen LogP contribution in [0, 0.1) is 6.92 Å². The van der Waals surface area contributed by atoms with Gasteiger partial charge in [-0.1, -0.05) is 53.0 Å².